The van der Waals surface area contributed by atoms with Gasteiger partial charge in [-0.2, -0.15) is 13.2 Å². The van der Waals surface area contributed by atoms with E-state index < -0.39 is 42.5 Å². The number of fused-ring (bicyclic) bond motifs is 6. The summed E-state index contributed by atoms with van der Waals surface area (Å²) in [5.74, 6) is -0.994. The number of hydrogen-bond donors (Lipinski definition) is 1. The van der Waals surface area contributed by atoms with Crippen molar-refractivity contribution in [2.75, 3.05) is 41.5 Å². The molecule has 3 aliphatic rings. The molecule has 15 heteroatoms. The van der Waals surface area contributed by atoms with Crippen molar-refractivity contribution >= 4 is 29.0 Å². The molecule has 2 aliphatic heterocycles. The van der Waals surface area contributed by atoms with Crippen molar-refractivity contribution in [3.8, 4) is 23.0 Å². The molecular formula is C40H41F3N2O10. The number of ether oxygens (including phenoxy) is 7. The number of nitrogens with one attached hydrogen (secondary N) is 1. The van der Waals surface area contributed by atoms with Gasteiger partial charge < -0.3 is 38.1 Å². The van der Waals surface area contributed by atoms with Crippen molar-refractivity contribution in [1.82, 2.24) is 9.88 Å². The van der Waals surface area contributed by atoms with Gasteiger partial charge in [0.25, 0.3) is 0 Å². The van der Waals surface area contributed by atoms with Crippen LogP contribution in [0.1, 0.15) is 58.0 Å². The molecule has 4 aromatic rings. The molecule has 5 atom stereocenters. The van der Waals surface area contributed by atoms with Crippen LogP contribution in [0.25, 0.3) is 10.9 Å². The van der Waals surface area contributed by atoms with Crippen LogP contribution in [-0.2, 0) is 38.2 Å². The fourth-order valence-electron chi connectivity index (χ4n) is 8.47. The molecule has 3 heterocycles. The minimum atomic E-state index is -4.56. The number of nitrogens with zero attached hydrogens (tertiary/aromatic N) is 1. The number of rotatable bonds is 9. The first-order chi connectivity index (χ1) is 26.4. The molecule has 1 saturated carbocycles. The maximum atomic E-state index is 13.7. The summed E-state index contributed by atoms with van der Waals surface area (Å²) in [4.78, 5) is 45.7. The normalized spacial score (nSPS) is 22.1. The van der Waals surface area contributed by atoms with E-state index in [1.54, 1.807) is 7.11 Å². The van der Waals surface area contributed by atoms with Gasteiger partial charge in [0.05, 0.1) is 51.5 Å². The Hall–Kier alpha value is -5.44. The summed E-state index contributed by atoms with van der Waals surface area (Å²) >= 11 is 0. The zero-order valence-corrected chi connectivity index (χ0v) is 30.7. The van der Waals surface area contributed by atoms with Crippen LogP contribution in [0.2, 0.25) is 0 Å². The van der Waals surface area contributed by atoms with Gasteiger partial charge in [0.15, 0.2) is 11.5 Å². The Morgan fingerprint density at radius 1 is 0.909 bits per heavy atom. The minimum absolute atomic E-state index is 0.0144. The summed E-state index contributed by atoms with van der Waals surface area (Å²) < 4.78 is 77.2. The molecule has 292 valence electrons. The lowest BCUT2D eigenvalue weighted by atomic mass is 9.65. The number of hydrogen-bond acceptors (Lipinski definition) is 11. The van der Waals surface area contributed by atoms with Crippen LogP contribution < -0.4 is 18.9 Å². The molecule has 0 radical (unpaired) electrons. The SMILES string of the molecule is COC(=O)C1CC(OC(=O)c2cc(OC)c(OC(=O)OCc3cccc(C(F)(F)F)c3)c(OC)c2)C[C@@H]2CN3CCc4c([nH]c5cc(OC)ccc45)C3C[C@H]12. The van der Waals surface area contributed by atoms with E-state index in [0.29, 0.717) is 6.42 Å². The third-order valence-electron chi connectivity index (χ3n) is 11.0. The molecule has 7 rings (SSSR count). The van der Waals surface area contributed by atoms with Gasteiger partial charge in [0.1, 0.15) is 18.5 Å². The molecule has 1 N–H and O–H groups in total. The second-order valence-corrected chi connectivity index (χ2v) is 14.0. The van der Waals surface area contributed by atoms with Crippen LogP contribution in [0, 0.1) is 17.8 Å². The Kier molecular flexibility index (Phi) is 10.6. The van der Waals surface area contributed by atoms with Crippen LogP contribution in [0.5, 0.6) is 23.0 Å². The molecule has 2 fully saturated rings. The number of H-pyrrole nitrogens is 1. The van der Waals surface area contributed by atoms with Gasteiger partial charge in [0, 0.05) is 35.8 Å². The molecule has 55 heavy (non-hydrogen) atoms. The van der Waals surface area contributed by atoms with Crippen molar-refractivity contribution < 1.29 is 60.7 Å². The summed E-state index contributed by atoms with van der Waals surface area (Å²) in [6.07, 6.45) is -3.91. The maximum absolute atomic E-state index is 13.7. The highest BCUT2D eigenvalue weighted by Gasteiger charge is 2.49. The summed E-state index contributed by atoms with van der Waals surface area (Å²) in [6, 6.07) is 13.2. The predicted molar refractivity (Wildman–Crippen MR) is 190 cm³/mol. The van der Waals surface area contributed by atoms with Crippen molar-refractivity contribution in [1.29, 1.82) is 0 Å². The standard InChI is InChI=1S/C40H41F3N2O10/c1-49-25-8-9-27-28-10-11-45-19-23-13-26(16-30(38(47)52-4)29(23)18-32(45)35(28)44-31(27)17-25)54-37(46)22-14-33(50-2)36(34(15-22)51-3)55-39(48)53-20-21-6-5-7-24(12-21)40(41,42)43/h5-9,12,14-15,17,23,26,29-30,32,44H,10-11,13,16,18-20H2,1-4H3/t23-,26?,29+,30?,32?/m1/s1. The highest BCUT2D eigenvalue weighted by Crippen LogP contribution is 2.50. The van der Waals surface area contributed by atoms with Crippen LogP contribution in [0.15, 0.2) is 54.6 Å². The van der Waals surface area contributed by atoms with E-state index in [1.165, 1.54) is 62.2 Å². The van der Waals surface area contributed by atoms with E-state index in [-0.39, 0.29) is 58.6 Å². The number of aromatic nitrogens is 1. The molecule has 12 nitrogen and oxygen atoms in total. The quantitative estimate of drug-likeness (QED) is 0.105. The molecule has 1 saturated heterocycles. The lowest BCUT2D eigenvalue weighted by Gasteiger charge is -2.51. The summed E-state index contributed by atoms with van der Waals surface area (Å²) in [6.45, 7) is 1.10. The van der Waals surface area contributed by atoms with Crippen molar-refractivity contribution in [2.45, 2.75) is 50.6 Å². The van der Waals surface area contributed by atoms with Crippen LogP contribution in [0.3, 0.4) is 0 Å². The smallest absolute Gasteiger partial charge is 0.497 e. The summed E-state index contributed by atoms with van der Waals surface area (Å²) in [5, 5.41) is 1.18. The average molecular weight is 767 g/mol. The molecule has 3 aromatic carbocycles. The van der Waals surface area contributed by atoms with Crippen molar-refractivity contribution in [2.24, 2.45) is 17.8 Å². The number of carbonyl (C=O) groups excluding carboxylic acids is 3. The molecule has 0 spiro atoms. The second-order valence-electron chi connectivity index (χ2n) is 14.0. The first kappa shape index (κ1) is 37.9. The fraction of sp³-hybridized carbons (Fsp3) is 0.425. The van der Waals surface area contributed by atoms with E-state index in [0.717, 1.165) is 49.3 Å². The third-order valence-corrected chi connectivity index (χ3v) is 11.0. The molecule has 1 aromatic heterocycles. The van der Waals surface area contributed by atoms with Crippen LogP contribution in [0.4, 0.5) is 18.0 Å². The average Bonchev–Trinajstić information content (AvgIpc) is 3.56. The highest BCUT2D eigenvalue weighted by molar-refractivity contribution is 5.91. The van der Waals surface area contributed by atoms with Gasteiger partial charge in [-0.1, -0.05) is 12.1 Å². The van der Waals surface area contributed by atoms with E-state index in [2.05, 4.69) is 16.0 Å². The van der Waals surface area contributed by atoms with Crippen LogP contribution in [-0.4, -0.2) is 75.6 Å². The van der Waals surface area contributed by atoms with Gasteiger partial charge in [-0.15, -0.1) is 0 Å². The predicted octanol–water partition coefficient (Wildman–Crippen LogP) is 7.27. The number of carbonyl (C=O) groups is 3. The van der Waals surface area contributed by atoms with E-state index in [9.17, 15) is 27.6 Å². The monoisotopic (exact) mass is 766 g/mol. The molecule has 3 unspecified atom stereocenters. The molecule has 1 aliphatic carbocycles. The van der Waals surface area contributed by atoms with Gasteiger partial charge in [-0.25, -0.2) is 9.59 Å². The molecular weight excluding hydrogens is 725 g/mol. The van der Waals surface area contributed by atoms with Gasteiger partial charge in [-0.3, -0.25) is 9.69 Å². The Bertz CT molecular complexity index is 2070. The molecule has 0 bridgehead atoms. The lowest BCUT2D eigenvalue weighted by molar-refractivity contribution is -0.155. The zero-order chi connectivity index (χ0) is 39.0. The minimum Gasteiger partial charge on any atom is -0.497 e. The number of halogens is 3. The van der Waals surface area contributed by atoms with Crippen LogP contribution >= 0.6 is 0 Å². The second kappa shape index (κ2) is 15.4. The van der Waals surface area contributed by atoms with E-state index >= 15 is 0 Å². The number of piperidine rings is 1. The lowest BCUT2D eigenvalue weighted by Crippen LogP contribution is -2.52. The van der Waals surface area contributed by atoms with Gasteiger partial charge in [-0.05, 0) is 85.0 Å². The van der Waals surface area contributed by atoms with Gasteiger partial charge >= 0.3 is 24.3 Å². The van der Waals surface area contributed by atoms with Crippen molar-refractivity contribution in [3.05, 3.63) is 82.5 Å². The number of aromatic amines is 1. The number of methoxy groups -OCH3 is 4. The number of alkyl halides is 3. The van der Waals surface area contributed by atoms with E-state index in [4.69, 9.17) is 33.2 Å². The Morgan fingerprint density at radius 2 is 1.67 bits per heavy atom. The summed E-state index contributed by atoms with van der Waals surface area (Å²) in [7, 11) is 5.60. The number of esters is 2. The highest BCUT2D eigenvalue weighted by atomic mass is 19.4. The Balaban J connectivity index is 1.04. The first-order valence-corrected chi connectivity index (χ1v) is 17.9. The third kappa shape index (κ3) is 7.62. The summed E-state index contributed by atoms with van der Waals surface area (Å²) in [5.41, 5.74) is 2.74. The van der Waals surface area contributed by atoms with Gasteiger partial charge in [0.2, 0.25) is 5.75 Å². The van der Waals surface area contributed by atoms with Crippen molar-refractivity contribution in [3.63, 3.8) is 0 Å². The maximum Gasteiger partial charge on any atom is 0.514 e. The Morgan fingerprint density at radius 3 is 2.36 bits per heavy atom. The zero-order valence-electron chi connectivity index (χ0n) is 30.7. The fourth-order valence-corrected chi connectivity index (χ4v) is 8.47. The number of benzene rings is 3. The Labute approximate surface area is 314 Å². The van der Waals surface area contributed by atoms with E-state index in [1.807, 2.05) is 12.1 Å². The molecule has 0 amide bonds. The largest absolute Gasteiger partial charge is 0.514 e. The first-order valence-electron chi connectivity index (χ1n) is 17.9. The topological polar surface area (TPSA) is 135 Å².